The first-order valence-electron chi connectivity index (χ1n) is 12.7. The number of rotatable bonds is 6. The van der Waals surface area contributed by atoms with Gasteiger partial charge in [0.2, 0.25) is 11.8 Å². The first kappa shape index (κ1) is 25.9. The molecule has 204 valence electrons. The second-order valence-electron chi connectivity index (χ2n) is 9.73. The van der Waals surface area contributed by atoms with Gasteiger partial charge < -0.3 is 9.30 Å². The molecule has 5 heterocycles. The number of benzene rings is 1. The SMILES string of the molecule is CC1c2nc(-c3ncc(N4CCC(=O)NC4=O)n3C)ccc2CN1Cc1ccc(Oc2c(F)cccc2Cl)nc1. The number of nitrogens with zero attached hydrogens (tertiary/aromatic N) is 6. The molecule has 12 heteroatoms. The van der Waals surface area contributed by atoms with Gasteiger partial charge in [0.05, 0.1) is 23.0 Å². The van der Waals surface area contributed by atoms with Crippen LogP contribution in [0, 0.1) is 5.82 Å². The molecule has 3 aromatic heterocycles. The highest BCUT2D eigenvalue weighted by molar-refractivity contribution is 6.32. The van der Waals surface area contributed by atoms with Crippen molar-refractivity contribution in [1.29, 1.82) is 0 Å². The lowest BCUT2D eigenvalue weighted by molar-refractivity contribution is -0.120. The van der Waals surface area contributed by atoms with Gasteiger partial charge in [-0.2, -0.15) is 0 Å². The van der Waals surface area contributed by atoms with Crippen LogP contribution in [0.5, 0.6) is 11.6 Å². The number of hydrogen-bond donors (Lipinski definition) is 1. The van der Waals surface area contributed by atoms with Crippen LogP contribution in [0.1, 0.15) is 36.2 Å². The molecule has 2 aliphatic rings. The van der Waals surface area contributed by atoms with E-state index in [-0.39, 0.29) is 35.0 Å². The predicted octanol–water partition coefficient (Wildman–Crippen LogP) is 4.99. The fraction of sp³-hybridized carbons (Fsp3) is 0.250. The van der Waals surface area contributed by atoms with Crippen LogP contribution in [0.3, 0.4) is 0 Å². The zero-order valence-electron chi connectivity index (χ0n) is 21.8. The third-order valence-corrected chi connectivity index (χ3v) is 7.46. The molecule has 1 N–H and O–H groups in total. The maximum absolute atomic E-state index is 14.0. The Hall–Kier alpha value is -4.35. The fourth-order valence-electron chi connectivity index (χ4n) is 5.00. The lowest BCUT2D eigenvalue weighted by atomic mass is 10.1. The number of anilines is 1. The average molecular weight is 562 g/mol. The summed E-state index contributed by atoms with van der Waals surface area (Å²) in [5.41, 5.74) is 3.76. The molecule has 0 saturated carbocycles. The van der Waals surface area contributed by atoms with E-state index < -0.39 is 11.8 Å². The summed E-state index contributed by atoms with van der Waals surface area (Å²) >= 11 is 6.05. The van der Waals surface area contributed by atoms with Crippen molar-refractivity contribution in [1.82, 2.24) is 29.7 Å². The van der Waals surface area contributed by atoms with Gasteiger partial charge >= 0.3 is 6.03 Å². The number of halogens is 2. The van der Waals surface area contributed by atoms with Gasteiger partial charge in [-0.05, 0) is 36.2 Å². The Labute approximate surface area is 234 Å². The Morgan fingerprint density at radius 3 is 2.73 bits per heavy atom. The van der Waals surface area contributed by atoms with E-state index in [1.165, 1.54) is 17.0 Å². The van der Waals surface area contributed by atoms with Crippen molar-refractivity contribution < 1.29 is 18.7 Å². The Kier molecular flexibility index (Phi) is 6.68. The van der Waals surface area contributed by atoms with E-state index in [0.29, 0.717) is 30.4 Å². The van der Waals surface area contributed by atoms with Crippen LogP contribution in [-0.4, -0.2) is 42.9 Å². The molecule has 1 atom stereocenters. The van der Waals surface area contributed by atoms with Crippen LogP contribution in [-0.2, 0) is 24.9 Å². The molecule has 1 unspecified atom stereocenters. The van der Waals surface area contributed by atoms with Gasteiger partial charge in [0, 0.05) is 45.4 Å². The quantitative estimate of drug-likeness (QED) is 0.354. The average Bonchev–Trinajstić information content (AvgIpc) is 3.46. The summed E-state index contributed by atoms with van der Waals surface area (Å²) in [5.74, 6) is 0.586. The van der Waals surface area contributed by atoms with Gasteiger partial charge in [0.1, 0.15) is 11.5 Å². The molecule has 1 fully saturated rings. The van der Waals surface area contributed by atoms with Crippen molar-refractivity contribution in [2.24, 2.45) is 7.05 Å². The second kappa shape index (κ2) is 10.3. The van der Waals surface area contributed by atoms with Crippen LogP contribution in [0.25, 0.3) is 11.5 Å². The molecule has 6 rings (SSSR count). The lowest BCUT2D eigenvalue weighted by Crippen LogP contribution is -2.50. The smallest absolute Gasteiger partial charge is 0.329 e. The summed E-state index contributed by atoms with van der Waals surface area (Å²) in [6.45, 7) is 3.76. The van der Waals surface area contributed by atoms with Crippen molar-refractivity contribution in [3.63, 3.8) is 0 Å². The van der Waals surface area contributed by atoms with Crippen LogP contribution in [0.15, 0.2) is 54.9 Å². The number of pyridine rings is 2. The summed E-state index contributed by atoms with van der Waals surface area (Å²) in [5, 5.41) is 2.52. The summed E-state index contributed by atoms with van der Waals surface area (Å²) in [6.07, 6.45) is 3.57. The minimum absolute atomic E-state index is 0.0433. The lowest BCUT2D eigenvalue weighted by Gasteiger charge is -2.26. The molecule has 0 aliphatic carbocycles. The Bertz CT molecular complexity index is 1600. The van der Waals surface area contributed by atoms with Gasteiger partial charge in [-0.1, -0.05) is 29.8 Å². The van der Waals surface area contributed by atoms with Gasteiger partial charge in [0.25, 0.3) is 0 Å². The third-order valence-electron chi connectivity index (χ3n) is 7.16. The number of hydrogen-bond acceptors (Lipinski definition) is 7. The maximum atomic E-state index is 14.0. The number of ether oxygens (including phenoxy) is 1. The number of imide groups is 1. The standard InChI is InChI=1S/C28H25ClFN7O3/c1-16-25-18(7-8-21(33-25)27-32-13-24(35(27)2)37-11-10-22(38)34-28(37)39)15-36(16)14-17-6-9-23(31-12-17)40-26-19(29)4-3-5-20(26)30/h3-9,12-13,16H,10-11,14-15H2,1-2H3,(H,34,38,39). The van der Waals surface area contributed by atoms with E-state index in [1.54, 1.807) is 24.5 Å². The second-order valence-corrected chi connectivity index (χ2v) is 10.1. The largest absolute Gasteiger partial charge is 0.434 e. The van der Waals surface area contributed by atoms with Gasteiger partial charge in [-0.15, -0.1) is 0 Å². The first-order valence-corrected chi connectivity index (χ1v) is 13.1. The highest BCUT2D eigenvalue weighted by atomic mass is 35.5. The molecule has 2 aliphatic heterocycles. The zero-order chi connectivity index (χ0) is 28.0. The monoisotopic (exact) mass is 561 g/mol. The maximum Gasteiger partial charge on any atom is 0.329 e. The molecule has 0 radical (unpaired) electrons. The molecule has 3 amide bonds. The van der Waals surface area contributed by atoms with Gasteiger partial charge in [-0.3, -0.25) is 19.9 Å². The van der Waals surface area contributed by atoms with E-state index in [1.807, 2.05) is 23.7 Å². The number of fused-ring (bicyclic) bond motifs is 1. The van der Waals surface area contributed by atoms with Crippen molar-refractivity contribution in [3.8, 4) is 23.1 Å². The zero-order valence-corrected chi connectivity index (χ0v) is 22.5. The predicted molar refractivity (Wildman–Crippen MR) is 145 cm³/mol. The van der Waals surface area contributed by atoms with Crippen LogP contribution >= 0.6 is 11.6 Å². The molecule has 1 aromatic carbocycles. The number of para-hydroxylation sites is 1. The number of carbonyl (C=O) groups is 2. The number of aromatic nitrogens is 4. The van der Waals surface area contributed by atoms with E-state index >= 15 is 0 Å². The molecule has 4 aromatic rings. The number of carbonyl (C=O) groups excluding carboxylic acids is 2. The molecular formula is C28H25ClFN7O3. The van der Waals surface area contributed by atoms with Gasteiger partial charge in [-0.25, -0.2) is 24.1 Å². The molecule has 10 nitrogen and oxygen atoms in total. The molecule has 0 spiro atoms. The fourth-order valence-corrected chi connectivity index (χ4v) is 5.20. The van der Waals surface area contributed by atoms with E-state index in [2.05, 4.69) is 33.2 Å². The van der Waals surface area contributed by atoms with Crippen molar-refractivity contribution in [2.75, 3.05) is 11.4 Å². The van der Waals surface area contributed by atoms with Crippen molar-refractivity contribution >= 4 is 29.4 Å². The molecule has 0 bridgehead atoms. The highest BCUT2D eigenvalue weighted by Gasteiger charge is 2.30. The Morgan fingerprint density at radius 1 is 1.12 bits per heavy atom. The molecular weight excluding hydrogens is 537 g/mol. The van der Waals surface area contributed by atoms with Crippen LogP contribution in [0.4, 0.5) is 15.0 Å². The van der Waals surface area contributed by atoms with Crippen LogP contribution < -0.4 is 15.0 Å². The number of nitrogens with one attached hydrogen (secondary N) is 1. The summed E-state index contributed by atoms with van der Waals surface area (Å²) in [7, 11) is 1.83. The third kappa shape index (κ3) is 4.78. The summed E-state index contributed by atoms with van der Waals surface area (Å²) < 4.78 is 21.4. The minimum Gasteiger partial charge on any atom is -0.434 e. The molecule has 1 saturated heterocycles. The molecule has 40 heavy (non-hydrogen) atoms. The van der Waals surface area contributed by atoms with Gasteiger partial charge in [0.15, 0.2) is 17.4 Å². The topological polar surface area (TPSA) is 105 Å². The summed E-state index contributed by atoms with van der Waals surface area (Å²) in [6, 6.07) is 11.5. The normalized spacial score (nSPS) is 17.2. The van der Waals surface area contributed by atoms with Crippen LogP contribution in [0.2, 0.25) is 5.02 Å². The van der Waals surface area contributed by atoms with Crippen molar-refractivity contribution in [3.05, 3.63) is 82.5 Å². The van der Waals surface area contributed by atoms with Crippen molar-refractivity contribution in [2.45, 2.75) is 32.5 Å². The van der Waals surface area contributed by atoms with E-state index in [0.717, 1.165) is 23.4 Å². The van der Waals surface area contributed by atoms with E-state index in [4.69, 9.17) is 21.3 Å². The Balaban J connectivity index is 1.16. The highest BCUT2D eigenvalue weighted by Crippen LogP contribution is 2.36. The first-order chi connectivity index (χ1) is 19.3. The number of urea groups is 1. The summed E-state index contributed by atoms with van der Waals surface area (Å²) in [4.78, 5) is 41.4. The number of imidazole rings is 1. The van der Waals surface area contributed by atoms with E-state index in [9.17, 15) is 14.0 Å². The Morgan fingerprint density at radius 2 is 1.98 bits per heavy atom. The minimum atomic E-state index is -0.552. The number of amides is 3.